The van der Waals surface area contributed by atoms with E-state index in [1.54, 1.807) is 0 Å². The van der Waals surface area contributed by atoms with Gasteiger partial charge < -0.3 is 9.47 Å². The van der Waals surface area contributed by atoms with E-state index in [4.69, 9.17) is 0 Å². The van der Waals surface area contributed by atoms with Crippen molar-refractivity contribution in [2.75, 3.05) is 7.11 Å². The summed E-state index contributed by atoms with van der Waals surface area (Å²) in [6.07, 6.45) is -3.72. The molecule has 0 saturated heterocycles. The quantitative estimate of drug-likeness (QED) is 0.601. The van der Waals surface area contributed by atoms with Gasteiger partial charge in [-0.25, -0.2) is 9.78 Å². The lowest BCUT2D eigenvalue weighted by molar-refractivity contribution is -0.276. The molecule has 0 saturated carbocycles. The molecule has 0 bridgehead atoms. The third-order valence-corrected chi connectivity index (χ3v) is 2.93. The molecule has 0 atom stereocenters. The number of halogens is 4. The maximum absolute atomic E-state index is 12.1. The second-order valence-electron chi connectivity index (χ2n) is 2.95. The van der Waals surface area contributed by atoms with Crippen LogP contribution in [0.15, 0.2) is 6.20 Å². The third kappa shape index (κ3) is 3.45. The monoisotopic (exact) mass is 361 g/mol. The second-order valence-corrected chi connectivity index (χ2v) is 4.11. The number of nitrogens with zero attached hydrogens (tertiary/aromatic N) is 1. The van der Waals surface area contributed by atoms with E-state index in [0.717, 1.165) is 7.11 Å². The normalized spacial score (nSPS) is 11.2. The summed E-state index contributed by atoms with van der Waals surface area (Å²) in [4.78, 5) is 14.8. The molecule has 1 aromatic heterocycles. The number of ether oxygens (including phenoxy) is 2. The van der Waals surface area contributed by atoms with E-state index in [0.29, 0.717) is 9.13 Å². The highest BCUT2D eigenvalue weighted by atomic mass is 127. The van der Waals surface area contributed by atoms with Gasteiger partial charge in [0.2, 0.25) is 5.88 Å². The van der Waals surface area contributed by atoms with Crippen molar-refractivity contribution >= 4 is 28.6 Å². The first-order valence-electron chi connectivity index (χ1n) is 4.25. The molecular formula is C9H7F3INO3. The molecule has 0 aliphatic rings. The van der Waals surface area contributed by atoms with Crippen molar-refractivity contribution in [3.05, 3.63) is 20.9 Å². The lowest BCUT2D eigenvalue weighted by Crippen LogP contribution is -2.21. The van der Waals surface area contributed by atoms with E-state index in [1.807, 2.05) is 22.6 Å². The summed E-state index contributed by atoms with van der Waals surface area (Å²) in [7, 11) is 1.07. The van der Waals surface area contributed by atoms with Gasteiger partial charge in [-0.15, -0.1) is 13.2 Å². The standard InChI is InChI=1S/C9H7F3INO3/c1-4-5(13)3-14-7(17-9(10,11)12)6(4)8(15)16-2/h3H,1-2H3. The van der Waals surface area contributed by atoms with E-state index < -0.39 is 18.2 Å². The highest BCUT2D eigenvalue weighted by Crippen LogP contribution is 2.28. The molecule has 1 aromatic rings. The van der Waals surface area contributed by atoms with E-state index in [9.17, 15) is 18.0 Å². The topological polar surface area (TPSA) is 48.4 Å². The van der Waals surface area contributed by atoms with Gasteiger partial charge in [0.05, 0.1) is 7.11 Å². The maximum atomic E-state index is 12.1. The molecule has 4 nitrogen and oxygen atoms in total. The van der Waals surface area contributed by atoms with Gasteiger partial charge in [-0.3, -0.25) is 0 Å². The predicted octanol–water partition coefficient (Wildman–Crippen LogP) is 2.68. The summed E-state index contributed by atoms with van der Waals surface area (Å²) in [5.74, 6) is -1.73. The molecule has 0 aliphatic heterocycles. The average Bonchev–Trinajstić information content (AvgIpc) is 2.21. The molecule has 0 aliphatic carbocycles. The molecule has 94 valence electrons. The SMILES string of the molecule is COC(=O)c1c(OC(F)(F)F)ncc(I)c1C. The molecule has 0 fully saturated rings. The number of hydrogen-bond donors (Lipinski definition) is 0. The Bertz CT molecular complexity index is 448. The molecule has 0 unspecified atom stereocenters. The Hall–Kier alpha value is -1.06. The molecule has 0 amide bonds. The predicted molar refractivity (Wildman–Crippen MR) is 59.7 cm³/mol. The minimum atomic E-state index is -4.91. The number of alkyl halides is 3. The van der Waals surface area contributed by atoms with Crippen LogP contribution in [0.1, 0.15) is 15.9 Å². The summed E-state index contributed by atoms with van der Waals surface area (Å²) >= 11 is 1.85. The van der Waals surface area contributed by atoms with Crippen LogP contribution in [-0.4, -0.2) is 24.4 Å². The zero-order valence-electron chi connectivity index (χ0n) is 8.76. The highest BCUT2D eigenvalue weighted by molar-refractivity contribution is 14.1. The Balaban J connectivity index is 3.30. The minimum Gasteiger partial charge on any atom is -0.465 e. The summed E-state index contributed by atoms with van der Waals surface area (Å²) in [6, 6.07) is 0. The Morgan fingerprint density at radius 3 is 2.53 bits per heavy atom. The molecule has 0 radical (unpaired) electrons. The van der Waals surface area contributed by atoms with Crippen LogP contribution in [0.4, 0.5) is 13.2 Å². The number of aromatic nitrogens is 1. The number of carbonyl (C=O) groups is 1. The third-order valence-electron chi connectivity index (χ3n) is 1.84. The first-order chi connectivity index (χ1) is 7.76. The van der Waals surface area contributed by atoms with Crippen LogP contribution in [0, 0.1) is 10.5 Å². The molecule has 17 heavy (non-hydrogen) atoms. The minimum absolute atomic E-state index is 0.322. The van der Waals surface area contributed by atoms with Gasteiger partial charge >= 0.3 is 12.3 Å². The number of methoxy groups -OCH3 is 1. The molecule has 0 N–H and O–H groups in total. The lowest BCUT2D eigenvalue weighted by Gasteiger charge is -2.13. The van der Waals surface area contributed by atoms with Crippen LogP contribution in [0.2, 0.25) is 0 Å². The van der Waals surface area contributed by atoms with Crippen LogP contribution in [0.3, 0.4) is 0 Å². The van der Waals surface area contributed by atoms with Crippen molar-refractivity contribution in [2.24, 2.45) is 0 Å². The van der Waals surface area contributed by atoms with E-state index in [2.05, 4.69) is 14.5 Å². The van der Waals surface area contributed by atoms with Crippen LogP contribution < -0.4 is 4.74 Å². The summed E-state index contributed by atoms with van der Waals surface area (Å²) in [6.45, 7) is 1.49. The van der Waals surface area contributed by atoms with E-state index in [1.165, 1.54) is 13.1 Å². The van der Waals surface area contributed by atoms with Crippen molar-refractivity contribution in [1.29, 1.82) is 0 Å². The Labute approximate surface area is 108 Å². The van der Waals surface area contributed by atoms with Crippen molar-refractivity contribution in [3.8, 4) is 5.88 Å². The first-order valence-corrected chi connectivity index (χ1v) is 5.33. The molecule has 8 heteroatoms. The Kier molecular flexibility index (Phi) is 4.17. The fourth-order valence-corrected chi connectivity index (χ4v) is 1.49. The average molecular weight is 361 g/mol. The van der Waals surface area contributed by atoms with Gasteiger partial charge in [0.1, 0.15) is 5.56 Å². The second kappa shape index (κ2) is 5.07. The number of esters is 1. The van der Waals surface area contributed by atoms with E-state index in [-0.39, 0.29) is 5.56 Å². The van der Waals surface area contributed by atoms with E-state index >= 15 is 0 Å². The Morgan fingerprint density at radius 1 is 1.47 bits per heavy atom. The van der Waals surface area contributed by atoms with Gasteiger partial charge in [0.25, 0.3) is 0 Å². The smallest absolute Gasteiger partial charge is 0.465 e. The van der Waals surface area contributed by atoms with Crippen molar-refractivity contribution in [1.82, 2.24) is 4.98 Å². The van der Waals surface area contributed by atoms with Gasteiger partial charge in [-0.1, -0.05) is 0 Å². The molecule has 1 rings (SSSR count). The van der Waals surface area contributed by atoms with Gasteiger partial charge in [0.15, 0.2) is 0 Å². The maximum Gasteiger partial charge on any atom is 0.574 e. The highest BCUT2D eigenvalue weighted by Gasteiger charge is 2.34. The molecule has 0 spiro atoms. The van der Waals surface area contributed by atoms with Crippen LogP contribution >= 0.6 is 22.6 Å². The van der Waals surface area contributed by atoms with Gasteiger partial charge in [0, 0.05) is 9.77 Å². The summed E-state index contributed by atoms with van der Waals surface area (Å²) in [5, 5.41) is 0. The fraction of sp³-hybridized carbons (Fsp3) is 0.333. The molecule has 0 aromatic carbocycles. The number of pyridine rings is 1. The van der Waals surface area contributed by atoms with Crippen molar-refractivity contribution in [2.45, 2.75) is 13.3 Å². The Morgan fingerprint density at radius 2 is 2.06 bits per heavy atom. The number of rotatable bonds is 2. The van der Waals surface area contributed by atoms with Crippen molar-refractivity contribution < 1.29 is 27.4 Å². The largest absolute Gasteiger partial charge is 0.574 e. The lowest BCUT2D eigenvalue weighted by atomic mass is 10.1. The van der Waals surface area contributed by atoms with Crippen LogP contribution in [0.25, 0.3) is 0 Å². The zero-order chi connectivity index (χ0) is 13.2. The summed E-state index contributed by atoms with van der Waals surface area (Å²) in [5.41, 5.74) is 0.00317. The molecular weight excluding hydrogens is 354 g/mol. The van der Waals surface area contributed by atoms with Gasteiger partial charge in [-0.05, 0) is 35.1 Å². The van der Waals surface area contributed by atoms with Gasteiger partial charge in [-0.2, -0.15) is 0 Å². The number of carbonyl (C=O) groups excluding carboxylic acids is 1. The number of hydrogen-bond acceptors (Lipinski definition) is 4. The fourth-order valence-electron chi connectivity index (χ4n) is 1.09. The molecule has 1 heterocycles. The zero-order valence-corrected chi connectivity index (χ0v) is 10.9. The van der Waals surface area contributed by atoms with Crippen LogP contribution in [0.5, 0.6) is 5.88 Å². The van der Waals surface area contributed by atoms with Crippen LogP contribution in [-0.2, 0) is 4.74 Å². The first kappa shape index (κ1) is 14.0. The van der Waals surface area contributed by atoms with Crippen molar-refractivity contribution in [3.63, 3.8) is 0 Å². The summed E-state index contributed by atoms with van der Waals surface area (Å²) < 4.78 is 44.9.